The van der Waals surface area contributed by atoms with Crippen LogP contribution in [-0.4, -0.2) is 66.3 Å². The van der Waals surface area contributed by atoms with E-state index in [0.717, 1.165) is 79.1 Å². The molecule has 2 N–H and O–H groups in total. The molecule has 4 aromatic heterocycles. The molecule has 11 nitrogen and oxygen atoms in total. The van der Waals surface area contributed by atoms with Crippen LogP contribution in [0.1, 0.15) is 58.3 Å². The number of carbonyl (C=O) groups is 1. The van der Waals surface area contributed by atoms with E-state index in [1.165, 1.54) is 6.07 Å². The molecular formula is C37H36ClFN8O3. The Labute approximate surface area is 292 Å². The monoisotopic (exact) mass is 694 g/mol. The van der Waals surface area contributed by atoms with Crippen molar-refractivity contribution in [3.05, 3.63) is 106 Å². The highest BCUT2D eigenvalue weighted by Gasteiger charge is 2.26. The van der Waals surface area contributed by atoms with Crippen molar-refractivity contribution in [1.29, 1.82) is 0 Å². The summed E-state index contributed by atoms with van der Waals surface area (Å²) in [6.45, 7) is 5.97. The number of benzene rings is 2. The first kappa shape index (κ1) is 32.3. The maximum atomic E-state index is 14.2. The fourth-order valence-corrected chi connectivity index (χ4v) is 6.84. The number of piperidine rings is 1. The fraction of sp³-hybridized carbons (Fsp3) is 0.324. The molecule has 0 bridgehead atoms. The van der Waals surface area contributed by atoms with Crippen molar-refractivity contribution in [2.75, 3.05) is 25.0 Å². The topological polar surface area (TPSA) is 123 Å². The van der Waals surface area contributed by atoms with Crippen molar-refractivity contribution in [3.8, 4) is 5.88 Å². The van der Waals surface area contributed by atoms with E-state index < -0.39 is 5.82 Å². The minimum atomic E-state index is -0.395. The zero-order chi connectivity index (χ0) is 34.2. The molecule has 50 heavy (non-hydrogen) atoms. The van der Waals surface area contributed by atoms with E-state index in [0.29, 0.717) is 45.8 Å². The molecule has 13 heteroatoms. The molecule has 2 aromatic carbocycles. The van der Waals surface area contributed by atoms with Gasteiger partial charge in [0.2, 0.25) is 5.88 Å². The molecule has 0 aliphatic carbocycles. The number of likely N-dealkylation sites (tertiary alicyclic amines) is 1. The number of H-pyrrole nitrogens is 1. The third kappa shape index (κ3) is 6.78. The summed E-state index contributed by atoms with van der Waals surface area (Å²) in [5.41, 5.74) is 5.81. The number of nitrogens with one attached hydrogen (secondary N) is 2. The van der Waals surface area contributed by atoms with Crippen LogP contribution in [0.15, 0.2) is 66.9 Å². The maximum absolute atomic E-state index is 14.2. The van der Waals surface area contributed by atoms with Gasteiger partial charge in [-0.25, -0.2) is 19.3 Å². The Morgan fingerprint density at radius 1 is 1.10 bits per heavy atom. The van der Waals surface area contributed by atoms with Crippen molar-refractivity contribution >= 4 is 45.3 Å². The number of aromatic nitrogens is 6. The number of amides is 1. The van der Waals surface area contributed by atoms with Crippen LogP contribution < -0.4 is 10.1 Å². The molecule has 1 atom stereocenters. The normalized spacial score (nSPS) is 16.9. The van der Waals surface area contributed by atoms with E-state index in [2.05, 4.69) is 30.0 Å². The highest BCUT2D eigenvalue weighted by molar-refractivity contribution is 6.30. The van der Waals surface area contributed by atoms with Gasteiger partial charge in [0, 0.05) is 51.5 Å². The van der Waals surface area contributed by atoms with Gasteiger partial charge in [-0.2, -0.15) is 5.10 Å². The number of imidazole rings is 1. The van der Waals surface area contributed by atoms with E-state index in [1.807, 2.05) is 43.3 Å². The van der Waals surface area contributed by atoms with Crippen LogP contribution in [-0.2, 0) is 24.4 Å². The number of aromatic amines is 1. The maximum Gasteiger partial charge on any atom is 0.255 e. The predicted molar refractivity (Wildman–Crippen MR) is 188 cm³/mol. The standard InChI is InChI=1S/C37H36ClFN8O3/c1-22-29-17-27(18-40-36(29)45-44-22)41-37(48)24-6-8-33-32(15-24)42-34(47(33)19-28-11-14-49-28)20-46-12-9-23(10-13-46)31-3-2-4-35(43-31)50-21-25-5-7-26(38)16-30(25)39/h2-8,15-18,23,28H,9-14,19-21H2,1H3,(H,41,48)(H,40,44,45). The lowest BCUT2D eigenvalue weighted by atomic mass is 9.93. The lowest BCUT2D eigenvalue weighted by Crippen LogP contribution is -2.35. The van der Waals surface area contributed by atoms with Crippen LogP contribution in [0.5, 0.6) is 5.88 Å². The summed E-state index contributed by atoms with van der Waals surface area (Å²) in [6, 6.07) is 17.9. The van der Waals surface area contributed by atoms with E-state index in [-0.39, 0.29) is 18.6 Å². The number of anilines is 1. The zero-order valence-corrected chi connectivity index (χ0v) is 28.3. The van der Waals surface area contributed by atoms with Gasteiger partial charge in [-0.1, -0.05) is 23.7 Å². The number of halogens is 2. The fourth-order valence-electron chi connectivity index (χ4n) is 6.68. The van der Waals surface area contributed by atoms with Crippen LogP contribution in [0.25, 0.3) is 22.1 Å². The highest BCUT2D eigenvalue weighted by Crippen LogP contribution is 2.30. The largest absolute Gasteiger partial charge is 0.473 e. The molecule has 2 saturated heterocycles. The molecule has 6 heterocycles. The van der Waals surface area contributed by atoms with Gasteiger partial charge < -0.3 is 19.4 Å². The number of pyridine rings is 2. The molecule has 8 rings (SSSR count). The summed E-state index contributed by atoms with van der Waals surface area (Å²) >= 11 is 5.88. The van der Waals surface area contributed by atoms with Gasteiger partial charge in [0.05, 0.1) is 42.1 Å². The molecule has 6 aromatic rings. The number of rotatable bonds is 10. The summed E-state index contributed by atoms with van der Waals surface area (Å²) in [5, 5.41) is 11.3. The Bertz CT molecular complexity index is 2190. The molecule has 0 saturated carbocycles. The number of ether oxygens (including phenoxy) is 2. The number of fused-ring (bicyclic) bond motifs is 2. The van der Waals surface area contributed by atoms with E-state index in [1.54, 1.807) is 24.4 Å². The second-order valence-corrected chi connectivity index (χ2v) is 13.4. The van der Waals surface area contributed by atoms with Crippen molar-refractivity contribution in [1.82, 2.24) is 34.6 Å². The molecule has 1 unspecified atom stereocenters. The smallest absolute Gasteiger partial charge is 0.255 e. The van der Waals surface area contributed by atoms with Gasteiger partial charge in [0.15, 0.2) is 5.65 Å². The highest BCUT2D eigenvalue weighted by atomic mass is 35.5. The molecule has 2 aliphatic heterocycles. The first-order chi connectivity index (χ1) is 24.4. The summed E-state index contributed by atoms with van der Waals surface area (Å²) < 4.78 is 28.1. The molecule has 0 radical (unpaired) electrons. The number of carbonyl (C=O) groups excluding carboxylic acids is 1. The van der Waals surface area contributed by atoms with Crippen molar-refractivity contribution < 1.29 is 18.7 Å². The zero-order valence-electron chi connectivity index (χ0n) is 27.5. The van der Waals surface area contributed by atoms with Crippen LogP contribution in [0.2, 0.25) is 5.02 Å². The Hall–Kier alpha value is -4.91. The van der Waals surface area contributed by atoms with Gasteiger partial charge in [0.1, 0.15) is 18.2 Å². The van der Waals surface area contributed by atoms with Crippen molar-refractivity contribution in [2.24, 2.45) is 0 Å². The molecule has 2 aliphatic rings. The molecule has 1 amide bonds. The lowest BCUT2D eigenvalue weighted by molar-refractivity contribution is -0.0592. The predicted octanol–water partition coefficient (Wildman–Crippen LogP) is 6.80. The van der Waals surface area contributed by atoms with E-state index in [4.69, 9.17) is 31.0 Å². The van der Waals surface area contributed by atoms with Gasteiger partial charge in [-0.3, -0.25) is 14.8 Å². The quantitative estimate of drug-likeness (QED) is 0.161. The number of aryl methyl sites for hydroxylation is 1. The number of hydrogen-bond acceptors (Lipinski definition) is 8. The molecular weight excluding hydrogens is 659 g/mol. The second kappa shape index (κ2) is 13.8. The first-order valence-electron chi connectivity index (χ1n) is 16.8. The Morgan fingerprint density at radius 3 is 2.76 bits per heavy atom. The third-order valence-corrected chi connectivity index (χ3v) is 9.87. The summed E-state index contributed by atoms with van der Waals surface area (Å²) in [6.07, 6.45) is 4.67. The van der Waals surface area contributed by atoms with Crippen LogP contribution in [0.4, 0.5) is 10.1 Å². The summed E-state index contributed by atoms with van der Waals surface area (Å²) in [5.74, 6) is 1.10. The van der Waals surface area contributed by atoms with E-state index >= 15 is 0 Å². The van der Waals surface area contributed by atoms with Gasteiger partial charge in [-0.15, -0.1) is 0 Å². The van der Waals surface area contributed by atoms with Crippen LogP contribution >= 0.6 is 11.6 Å². The van der Waals surface area contributed by atoms with Crippen molar-refractivity contribution in [2.45, 2.75) is 57.9 Å². The Balaban J connectivity index is 0.939. The number of hydrogen-bond donors (Lipinski definition) is 2. The minimum absolute atomic E-state index is 0.0798. The second-order valence-electron chi connectivity index (χ2n) is 13.0. The van der Waals surface area contributed by atoms with Crippen LogP contribution in [0, 0.1) is 12.7 Å². The van der Waals surface area contributed by atoms with Gasteiger partial charge in [-0.05, 0) is 81.7 Å². The summed E-state index contributed by atoms with van der Waals surface area (Å²) in [7, 11) is 0. The number of nitrogens with zero attached hydrogens (tertiary/aromatic N) is 6. The molecule has 256 valence electrons. The molecule has 2 fully saturated rings. The lowest BCUT2D eigenvalue weighted by Gasteiger charge is -2.32. The van der Waals surface area contributed by atoms with E-state index in [9.17, 15) is 9.18 Å². The van der Waals surface area contributed by atoms with Gasteiger partial charge >= 0.3 is 0 Å². The minimum Gasteiger partial charge on any atom is -0.473 e. The average Bonchev–Trinajstić information content (AvgIpc) is 3.64. The SMILES string of the molecule is Cc1[nH]nc2ncc(NC(=O)c3ccc4c(c3)nc(CN3CCC(c5cccc(OCc6ccc(Cl)cc6F)n5)CC3)n4CC3CCO3)cc12. The average molecular weight is 695 g/mol. The third-order valence-electron chi connectivity index (χ3n) is 9.63. The van der Waals surface area contributed by atoms with Crippen molar-refractivity contribution in [3.63, 3.8) is 0 Å². The molecule has 0 spiro atoms. The first-order valence-corrected chi connectivity index (χ1v) is 17.2. The summed E-state index contributed by atoms with van der Waals surface area (Å²) in [4.78, 5) is 29.9. The Kier molecular flexibility index (Phi) is 8.90. The Morgan fingerprint density at radius 2 is 1.96 bits per heavy atom. The van der Waals surface area contributed by atoms with Gasteiger partial charge in [0.25, 0.3) is 5.91 Å². The van der Waals surface area contributed by atoms with Crippen LogP contribution in [0.3, 0.4) is 0 Å².